The highest BCUT2D eigenvalue weighted by molar-refractivity contribution is 5.69. The fraction of sp³-hybridized carbons (Fsp3) is 0.933. The van der Waals surface area contributed by atoms with E-state index in [0.29, 0.717) is 24.4 Å². The molecule has 0 aliphatic heterocycles. The summed E-state index contributed by atoms with van der Waals surface area (Å²) < 4.78 is 5.04. The van der Waals surface area contributed by atoms with Crippen molar-refractivity contribution in [3.8, 4) is 0 Å². The van der Waals surface area contributed by atoms with E-state index in [9.17, 15) is 4.79 Å². The summed E-state index contributed by atoms with van der Waals surface area (Å²) in [5, 5.41) is 3.65. The molecule has 2 aliphatic rings. The van der Waals surface area contributed by atoms with Crippen LogP contribution in [0.15, 0.2) is 0 Å². The van der Waals surface area contributed by atoms with Crippen LogP contribution in [0, 0.1) is 11.3 Å². The molecule has 0 aromatic carbocycles. The van der Waals surface area contributed by atoms with Gasteiger partial charge in [0.2, 0.25) is 0 Å². The molecule has 2 saturated carbocycles. The van der Waals surface area contributed by atoms with Crippen LogP contribution in [-0.4, -0.2) is 25.2 Å². The SMILES string of the molecule is CCCNC1CC12CCC(CC(=O)OCC)CC2. The summed E-state index contributed by atoms with van der Waals surface area (Å²) in [6.07, 6.45) is 8.25. The fourth-order valence-electron chi connectivity index (χ4n) is 3.42. The summed E-state index contributed by atoms with van der Waals surface area (Å²) in [5.74, 6) is 0.567. The lowest BCUT2D eigenvalue weighted by Crippen LogP contribution is -2.27. The molecule has 2 rings (SSSR count). The van der Waals surface area contributed by atoms with Crippen LogP contribution in [-0.2, 0) is 9.53 Å². The third kappa shape index (κ3) is 3.25. The summed E-state index contributed by atoms with van der Waals surface area (Å²) in [6.45, 7) is 5.76. The lowest BCUT2D eigenvalue weighted by atomic mass is 9.78. The molecule has 0 aromatic rings. The van der Waals surface area contributed by atoms with Crippen molar-refractivity contribution >= 4 is 5.97 Å². The fourth-order valence-corrected chi connectivity index (χ4v) is 3.42. The van der Waals surface area contributed by atoms with Gasteiger partial charge in [-0.05, 0) is 63.3 Å². The number of esters is 1. The number of rotatable bonds is 6. The number of hydrogen-bond donors (Lipinski definition) is 1. The molecule has 0 radical (unpaired) electrons. The van der Waals surface area contributed by atoms with Crippen molar-refractivity contribution in [2.45, 2.75) is 64.8 Å². The minimum atomic E-state index is -0.00472. The predicted molar refractivity (Wildman–Crippen MR) is 72.3 cm³/mol. The van der Waals surface area contributed by atoms with E-state index in [2.05, 4.69) is 12.2 Å². The van der Waals surface area contributed by atoms with Gasteiger partial charge in [-0.3, -0.25) is 4.79 Å². The number of carbonyl (C=O) groups excluding carboxylic acids is 1. The Balaban J connectivity index is 1.68. The van der Waals surface area contributed by atoms with Gasteiger partial charge in [0.05, 0.1) is 6.61 Å². The molecule has 0 aromatic heterocycles. The minimum absolute atomic E-state index is 0.00472. The molecule has 1 atom stereocenters. The van der Waals surface area contributed by atoms with E-state index in [4.69, 9.17) is 4.74 Å². The van der Waals surface area contributed by atoms with Crippen LogP contribution in [0.3, 0.4) is 0 Å². The monoisotopic (exact) mass is 253 g/mol. The second-order valence-corrected chi connectivity index (χ2v) is 6.03. The zero-order valence-corrected chi connectivity index (χ0v) is 11.8. The van der Waals surface area contributed by atoms with Crippen LogP contribution in [0.1, 0.15) is 58.8 Å². The Morgan fingerprint density at radius 2 is 2.06 bits per heavy atom. The Kier molecular flexibility index (Phi) is 4.66. The van der Waals surface area contributed by atoms with Gasteiger partial charge in [-0.25, -0.2) is 0 Å². The van der Waals surface area contributed by atoms with E-state index in [-0.39, 0.29) is 5.97 Å². The summed E-state index contributed by atoms with van der Waals surface area (Å²) in [5.41, 5.74) is 0.598. The van der Waals surface area contributed by atoms with Crippen LogP contribution >= 0.6 is 0 Å². The topological polar surface area (TPSA) is 38.3 Å². The molecule has 104 valence electrons. The Bertz CT molecular complexity index is 282. The van der Waals surface area contributed by atoms with Gasteiger partial charge in [0.15, 0.2) is 0 Å². The van der Waals surface area contributed by atoms with Crippen LogP contribution in [0.25, 0.3) is 0 Å². The van der Waals surface area contributed by atoms with Gasteiger partial charge in [-0.15, -0.1) is 0 Å². The molecule has 2 aliphatic carbocycles. The summed E-state index contributed by atoms with van der Waals surface area (Å²) in [4.78, 5) is 11.5. The lowest BCUT2D eigenvalue weighted by molar-refractivity contribution is -0.144. The summed E-state index contributed by atoms with van der Waals surface area (Å²) in [7, 11) is 0. The van der Waals surface area contributed by atoms with Crippen molar-refractivity contribution in [1.82, 2.24) is 5.32 Å². The quantitative estimate of drug-likeness (QED) is 0.740. The van der Waals surface area contributed by atoms with E-state index in [1.165, 1.54) is 38.5 Å². The summed E-state index contributed by atoms with van der Waals surface area (Å²) >= 11 is 0. The van der Waals surface area contributed by atoms with Crippen LogP contribution < -0.4 is 5.32 Å². The molecule has 18 heavy (non-hydrogen) atoms. The third-order valence-corrected chi connectivity index (χ3v) is 4.69. The first-order valence-corrected chi connectivity index (χ1v) is 7.59. The molecular formula is C15H27NO2. The van der Waals surface area contributed by atoms with Gasteiger partial charge in [-0.2, -0.15) is 0 Å². The average Bonchev–Trinajstić information content (AvgIpc) is 3.03. The normalized spacial score (nSPS) is 34.6. The molecule has 3 nitrogen and oxygen atoms in total. The van der Waals surface area contributed by atoms with Crippen molar-refractivity contribution in [2.24, 2.45) is 11.3 Å². The average molecular weight is 253 g/mol. The van der Waals surface area contributed by atoms with Gasteiger partial charge < -0.3 is 10.1 Å². The Morgan fingerprint density at radius 3 is 2.67 bits per heavy atom. The maximum absolute atomic E-state index is 11.5. The van der Waals surface area contributed by atoms with Crippen molar-refractivity contribution < 1.29 is 9.53 Å². The smallest absolute Gasteiger partial charge is 0.306 e. The van der Waals surface area contributed by atoms with Gasteiger partial charge >= 0.3 is 5.97 Å². The highest BCUT2D eigenvalue weighted by Gasteiger charge is 2.54. The first-order chi connectivity index (χ1) is 8.70. The molecule has 1 spiro atoms. The second kappa shape index (κ2) is 6.05. The third-order valence-electron chi connectivity index (χ3n) is 4.69. The maximum atomic E-state index is 11.5. The zero-order valence-electron chi connectivity index (χ0n) is 11.8. The second-order valence-electron chi connectivity index (χ2n) is 6.03. The van der Waals surface area contributed by atoms with Gasteiger partial charge in [0.25, 0.3) is 0 Å². The van der Waals surface area contributed by atoms with E-state index < -0.39 is 0 Å². The van der Waals surface area contributed by atoms with Gasteiger partial charge in [-0.1, -0.05) is 6.92 Å². The van der Waals surface area contributed by atoms with E-state index in [1.54, 1.807) is 0 Å². The molecule has 1 N–H and O–H groups in total. The highest BCUT2D eigenvalue weighted by atomic mass is 16.5. The van der Waals surface area contributed by atoms with Crippen LogP contribution in [0.5, 0.6) is 0 Å². The molecule has 2 fully saturated rings. The first kappa shape index (κ1) is 13.9. The molecule has 3 heteroatoms. The van der Waals surface area contributed by atoms with E-state index in [1.807, 2.05) is 6.92 Å². The molecule has 1 unspecified atom stereocenters. The van der Waals surface area contributed by atoms with Crippen LogP contribution in [0.2, 0.25) is 0 Å². The predicted octanol–water partition coefficient (Wildman–Crippen LogP) is 2.89. The standard InChI is InChI=1S/C15H27NO2/c1-3-9-16-13-11-15(13)7-5-12(6-8-15)10-14(17)18-4-2/h12-13,16H,3-11H2,1-2H3. The summed E-state index contributed by atoms with van der Waals surface area (Å²) in [6, 6.07) is 0.765. The van der Waals surface area contributed by atoms with Crippen molar-refractivity contribution in [3.63, 3.8) is 0 Å². The molecule has 0 bridgehead atoms. The number of nitrogens with one attached hydrogen (secondary N) is 1. The number of ether oxygens (including phenoxy) is 1. The van der Waals surface area contributed by atoms with Gasteiger partial charge in [0.1, 0.15) is 0 Å². The Hall–Kier alpha value is -0.570. The zero-order chi connectivity index (χ0) is 13.0. The van der Waals surface area contributed by atoms with Gasteiger partial charge in [0, 0.05) is 12.5 Å². The molecule has 0 heterocycles. The van der Waals surface area contributed by atoms with Crippen LogP contribution in [0.4, 0.5) is 0 Å². The van der Waals surface area contributed by atoms with E-state index in [0.717, 1.165) is 12.6 Å². The molecular weight excluding hydrogens is 226 g/mol. The largest absolute Gasteiger partial charge is 0.466 e. The minimum Gasteiger partial charge on any atom is -0.466 e. The first-order valence-electron chi connectivity index (χ1n) is 7.59. The Morgan fingerprint density at radius 1 is 1.33 bits per heavy atom. The highest BCUT2D eigenvalue weighted by Crippen LogP contribution is 2.57. The maximum Gasteiger partial charge on any atom is 0.306 e. The lowest BCUT2D eigenvalue weighted by Gasteiger charge is -2.29. The number of carbonyl (C=O) groups is 1. The molecule has 0 saturated heterocycles. The van der Waals surface area contributed by atoms with Crippen molar-refractivity contribution in [3.05, 3.63) is 0 Å². The van der Waals surface area contributed by atoms with Crippen molar-refractivity contribution in [2.75, 3.05) is 13.2 Å². The molecule has 0 amide bonds. The number of hydrogen-bond acceptors (Lipinski definition) is 3. The van der Waals surface area contributed by atoms with E-state index >= 15 is 0 Å². The Labute approximate surface area is 111 Å². The van der Waals surface area contributed by atoms with Crippen molar-refractivity contribution in [1.29, 1.82) is 0 Å².